The smallest absolute Gasteiger partial charge is 0.311 e. The van der Waals surface area contributed by atoms with Crippen molar-refractivity contribution in [2.45, 2.75) is 49.3 Å². The summed E-state index contributed by atoms with van der Waals surface area (Å²) in [5.41, 5.74) is 1.84. The highest BCUT2D eigenvalue weighted by atomic mass is 32.2. The Morgan fingerprint density at radius 2 is 1.84 bits per heavy atom. The van der Waals surface area contributed by atoms with Crippen molar-refractivity contribution in [2.24, 2.45) is 11.8 Å². The Labute approximate surface area is 222 Å². The normalized spacial score (nSPS) is 31.4. The van der Waals surface area contributed by atoms with Crippen LogP contribution in [-0.4, -0.2) is 82.7 Å². The highest BCUT2D eigenvalue weighted by molar-refractivity contribution is 8.02. The Morgan fingerprint density at radius 1 is 1.11 bits per heavy atom. The van der Waals surface area contributed by atoms with E-state index in [1.165, 1.54) is 11.8 Å². The third-order valence-corrected chi connectivity index (χ3v) is 9.96. The molecule has 0 radical (unpaired) electrons. The summed E-state index contributed by atoms with van der Waals surface area (Å²) >= 11 is 1.51. The van der Waals surface area contributed by atoms with Crippen LogP contribution < -0.4 is 9.80 Å². The molecule has 2 fully saturated rings. The molecule has 1 spiro atoms. The van der Waals surface area contributed by atoms with Gasteiger partial charge in [0.1, 0.15) is 12.6 Å². The van der Waals surface area contributed by atoms with Gasteiger partial charge in [-0.2, -0.15) is 0 Å². The van der Waals surface area contributed by atoms with Crippen LogP contribution in [0.25, 0.3) is 0 Å². The van der Waals surface area contributed by atoms with Gasteiger partial charge in [0.2, 0.25) is 5.91 Å². The average Bonchev–Trinajstić information content (AvgIpc) is 3.21. The zero-order valence-corrected chi connectivity index (χ0v) is 22.4. The van der Waals surface area contributed by atoms with Gasteiger partial charge in [-0.05, 0) is 44.5 Å². The number of rotatable bonds is 7. The van der Waals surface area contributed by atoms with E-state index in [-0.39, 0.29) is 30.3 Å². The number of likely N-dealkylation sites (tertiary alicyclic amines) is 1. The van der Waals surface area contributed by atoms with E-state index >= 15 is 0 Å². The van der Waals surface area contributed by atoms with E-state index in [0.717, 1.165) is 24.5 Å². The molecular weight excluding hydrogens is 490 g/mol. The molecule has 4 aliphatic rings. The Balaban J connectivity index is 1.57. The zero-order chi connectivity index (χ0) is 26.3. The van der Waals surface area contributed by atoms with E-state index in [4.69, 9.17) is 4.74 Å². The Kier molecular flexibility index (Phi) is 7.11. The highest BCUT2D eigenvalue weighted by Gasteiger charge is 2.71. The van der Waals surface area contributed by atoms with Gasteiger partial charge >= 0.3 is 5.97 Å². The second-order valence-corrected chi connectivity index (χ2v) is 11.4. The molecule has 2 saturated heterocycles. The van der Waals surface area contributed by atoms with Crippen LogP contribution in [-0.2, 0) is 19.1 Å². The predicted octanol–water partition coefficient (Wildman–Crippen LogP) is 2.62. The van der Waals surface area contributed by atoms with Gasteiger partial charge < -0.3 is 24.5 Å². The van der Waals surface area contributed by atoms with E-state index in [2.05, 4.69) is 18.7 Å². The van der Waals surface area contributed by atoms with Crippen molar-refractivity contribution in [3.8, 4) is 0 Å². The van der Waals surface area contributed by atoms with Crippen molar-refractivity contribution in [1.29, 1.82) is 0 Å². The number of aliphatic hydroxyl groups is 1. The minimum absolute atomic E-state index is 0.188. The molecule has 4 aliphatic heterocycles. The second-order valence-electron chi connectivity index (χ2n) is 9.93. The molecule has 0 aliphatic carbocycles. The minimum atomic E-state index is -0.914. The molecule has 2 amide bonds. The summed E-state index contributed by atoms with van der Waals surface area (Å²) in [5, 5.41) is 9.95. The van der Waals surface area contributed by atoms with Gasteiger partial charge in [0, 0.05) is 36.3 Å². The minimum Gasteiger partial charge on any atom is -0.461 e. The lowest BCUT2D eigenvalue weighted by Gasteiger charge is -2.38. The summed E-state index contributed by atoms with van der Waals surface area (Å²) in [6.07, 6.45) is 8.19. The molecule has 1 aromatic carbocycles. The fourth-order valence-corrected chi connectivity index (χ4v) is 8.37. The van der Waals surface area contributed by atoms with Crippen LogP contribution in [0.1, 0.15) is 27.2 Å². The molecule has 5 rings (SSSR count). The van der Waals surface area contributed by atoms with Crippen LogP contribution >= 0.6 is 11.8 Å². The lowest BCUT2D eigenvalue weighted by molar-refractivity contribution is -0.152. The van der Waals surface area contributed by atoms with Gasteiger partial charge in [-0.1, -0.05) is 31.2 Å². The number of fused-ring (bicyclic) bond motifs is 2. The third kappa shape index (κ3) is 3.98. The van der Waals surface area contributed by atoms with Gasteiger partial charge in [-0.15, -0.1) is 11.8 Å². The molecular formula is C28H35N3O5S. The van der Waals surface area contributed by atoms with Gasteiger partial charge in [0.05, 0.1) is 29.2 Å². The van der Waals surface area contributed by atoms with E-state index in [1.807, 2.05) is 55.5 Å². The van der Waals surface area contributed by atoms with Crippen molar-refractivity contribution in [2.75, 3.05) is 42.6 Å². The number of hydrogen-bond acceptors (Lipinski definition) is 7. The van der Waals surface area contributed by atoms with Crippen molar-refractivity contribution in [1.82, 2.24) is 4.90 Å². The first kappa shape index (κ1) is 25.9. The summed E-state index contributed by atoms with van der Waals surface area (Å²) < 4.78 is 4.50. The number of cyclic esters (lactones) is 1. The van der Waals surface area contributed by atoms with Crippen LogP contribution in [0.2, 0.25) is 0 Å². The molecule has 0 saturated carbocycles. The number of thioether (sulfide) groups is 1. The summed E-state index contributed by atoms with van der Waals surface area (Å²) in [6.45, 7) is 8.19. The fraction of sp³-hybridized carbons (Fsp3) is 0.536. The van der Waals surface area contributed by atoms with Gasteiger partial charge in [-0.25, -0.2) is 0 Å². The molecule has 1 aromatic rings. The van der Waals surface area contributed by atoms with E-state index in [1.54, 1.807) is 9.80 Å². The highest BCUT2D eigenvalue weighted by Crippen LogP contribution is 2.61. The number of ether oxygens (including phenoxy) is 1. The van der Waals surface area contributed by atoms with Crippen LogP contribution in [0, 0.1) is 11.8 Å². The summed E-state index contributed by atoms with van der Waals surface area (Å²) in [5.74, 6) is -2.24. The third-order valence-electron chi connectivity index (χ3n) is 8.22. The number of anilines is 2. The first-order valence-corrected chi connectivity index (χ1v) is 14.1. The van der Waals surface area contributed by atoms with E-state index < -0.39 is 34.6 Å². The molecule has 1 N–H and O–H groups in total. The predicted molar refractivity (Wildman–Crippen MR) is 144 cm³/mol. The maximum atomic E-state index is 14.4. The van der Waals surface area contributed by atoms with Crippen LogP contribution in [0.3, 0.4) is 0 Å². The maximum Gasteiger partial charge on any atom is 0.311 e. The molecule has 198 valence electrons. The van der Waals surface area contributed by atoms with Crippen molar-refractivity contribution >= 4 is 40.9 Å². The van der Waals surface area contributed by atoms with Crippen LogP contribution in [0.5, 0.6) is 0 Å². The summed E-state index contributed by atoms with van der Waals surface area (Å²) in [4.78, 5) is 47.0. The number of aliphatic hydroxyl groups excluding tert-OH is 1. The Bertz CT molecular complexity index is 1110. The lowest BCUT2D eigenvalue weighted by atomic mass is 9.78. The molecule has 37 heavy (non-hydrogen) atoms. The van der Waals surface area contributed by atoms with Crippen molar-refractivity contribution < 1.29 is 24.2 Å². The average molecular weight is 526 g/mol. The largest absolute Gasteiger partial charge is 0.461 e. The first-order valence-electron chi connectivity index (χ1n) is 13.2. The summed E-state index contributed by atoms with van der Waals surface area (Å²) in [6, 6.07) is 6.59. The number of carbonyl (C=O) groups is 3. The standard InChI is InChI=1S/C28H35N3O5S/c1-4-18(17-32)31-24-26(34)30(20-12-10-19(11-13-20)29(5-2)6-3)15-8-14-28(24)23(25(31)33)22-21(37-28)9-7-16-36-27(22)35/h7-14,18,21-24,32H,4-6,15-17H2,1-3H3/t18-,21-,22+,23-,24?,28-/m0/s1. The second kappa shape index (κ2) is 10.2. The van der Waals surface area contributed by atoms with Crippen molar-refractivity contribution in [3.63, 3.8) is 0 Å². The lowest BCUT2D eigenvalue weighted by Crippen LogP contribution is -2.56. The van der Waals surface area contributed by atoms with E-state index in [9.17, 15) is 19.5 Å². The monoisotopic (exact) mass is 525 g/mol. The number of esters is 1. The molecule has 0 aromatic heterocycles. The molecule has 6 atom stereocenters. The quantitative estimate of drug-likeness (QED) is 0.432. The molecule has 8 nitrogen and oxygen atoms in total. The fourth-order valence-electron chi connectivity index (χ4n) is 6.38. The zero-order valence-electron chi connectivity index (χ0n) is 21.6. The molecule has 9 heteroatoms. The first-order chi connectivity index (χ1) is 17.9. The molecule has 0 bridgehead atoms. The van der Waals surface area contributed by atoms with Crippen molar-refractivity contribution in [3.05, 3.63) is 48.6 Å². The van der Waals surface area contributed by atoms with Gasteiger partial charge in [0.25, 0.3) is 5.91 Å². The Morgan fingerprint density at radius 3 is 2.49 bits per heavy atom. The van der Waals surface area contributed by atoms with Gasteiger partial charge in [0.15, 0.2) is 0 Å². The molecule has 4 heterocycles. The topological polar surface area (TPSA) is 90.4 Å². The Hall–Kier alpha value is -2.78. The van der Waals surface area contributed by atoms with Crippen LogP contribution in [0.15, 0.2) is 48.6 Å². The SMILES string of the molecule is CC[C@@H](CO)N1C(=O)[C@@H]2[C@@H]3C(=O)OCC=C[C@@H]3S[C@@]23C=CCN(c2ccc(N(CC)CC)cc2)C(=O)C13. The maximum absolute atomic E-state index is 14.4. The van der Waals surface area contributed by atoms with Gasteiger partial charge in [-0.3, -0.25) is 14.4 Å². The van der Waals surface area contributed by atoms with Crippen LogP contribution in [0.4, 0.5) is 11.4 Å². The number of nitrogens with zero attached hydrogens (tertiary/aromatic N) is 3. The number of benzene rings is 1. The number of amides is 2. The number of hydrogen-bond donors (Lipinski definition) is 1. The van der Waals surface area contributed by atoms with E-state index in [0.29, 0.717) is 13.0 Å². The molecule has 1 unspecified atom stereocenters. The number of carbonyl (C=O) groups excluding carboxylic acids is 3. The summed E-state index contributed by atoms with van der Waals surface area (Å²) in [7, 11) is 0.